The topological polar surface area (TPSA) is 49.6 Å². The second-order valence-electron chi connectivity index (χ2n) is 5.64. The van der Waals surface area contributed by atoms with Gasteiger partial charge >= 0.3 is 0 Å². The van der Waals surface area contributed by atoms with Crippen molar-refractivity contribution in [2.24, 2.45) is 5.92 Å². The van der Waals surface area contributed by atoms with Crippen molar-refractivity contribution in [1.29, 1.82) is 0 Å². The third kappa shape index (κ3) is 2.44. The minimum absolute atomic E-state index is 0.277. The maximum atomic E-state index is 9.41. The van der Waals surface area contributed by atoms with E-state index in [0.717, 1.165) is 35.1 Å². The molecule has 3 aromatic rings. The molecule has 0 radical (unpaired) electrons. The van der Waals surface area contributed by atoms with Crippen LogP contribution in [0, 0.1) is 5.92 Å². The Morgan fingerprint density at radius 2 is 1.81 bits per heavy atom. The molecule has 0 unspecified atom stereocenters. The lowest BCUT2D eigenvalue weighted by Crippen LogP contribution is -2.07. The van der Waals surface area contributed by atoms with Crippen molar-refractivity contribution in [3.63, 3.8) is 0 Å². The van der Waals surface area contributed by atoms with Gasteiger partial charge in [0.1, 0.15) is 11.6 Å². The molecule has 2 N–H and O–H groups in total. The van der Waals surface area contributed by atoms with Gasteiger partial charge in [0.2, 0.25) is 0 Å². The lowest BCUT2D eigenvalue weighted by molar-refractivity contribution is 0.475. The van der Waals surface area contributed by atoms with Crippen LogP contribution in [-0.2, 0) is 0 Å². The van der Waals surface area contributed by atoms with E-state index < -0.39 is 0 Å². The predicted octanol–water partition coefficient (Wildman–Crippen LogP) is 3.53. The zero-order valence-corrected chi connectivity index (χ0v) is 11.7. The second-order valence-corrected chi connectivity index (χ2v) is 5.64. The first kappa shape index (κ1) is 12.3. The number of hydrogen-bond acceptors (Lipinski definition) is 3. The van der Waals surface area contributed by atoms with Crippen LogP contribution in [-0.4, -0.2) is 21.3 Å². The molecule has 4 nitrogen and oxygen atoms in total. The van der Waals surface area contributed by atoms with Gasteiger partial charge in [0, 0.05) is 12.1 Å². The second kappa shape index (κ2) is 4.81. The summed E-state index contributed by atoms with van der Waals surface area (Å²) in [4.78, 5) is 0. The van der Waals surface area contributed by atoms with Crippen LogP contribution in [0.5, 0.6) is 5.75 Å². The summed E-state index contributed by atoms with van der Waals surface area (Å²) >= 11 is 0. The Bertz CT molecular complexity index is 772. The highest BCUT2D eigenvalue weighted by molar-refractivity contribution is 5.67. The molecular formula is C17H17N3O. The third-order valence-electron chi connectivity index (χ3n) is 3.94. The Labute approximate surface area is 123 Å². The number of benzene rings is 1. The van der Waals surface area contributed by atoms with Gasteiger partial charge in [-0.15, -0.1) is 5.10 Å². The van der Waals surface area contributed by atoms with Crippen LogP contribution in [0.2, 0.25) is 0 Å². The summed E-state index contributed by atoms with van der Waals surface area (Å²) in [5, 5.41) is 17.5. The molecule has 1 aliphatic rings. The van der Waals surface area contributed by atoms with Crippen molar-refractivity contribution in [2.45, 2.75) is 12.8 Å². The Kier molecular flexibility index (Phi) is 2.81. The van der Waals surface area contributed by atoms with Crippen molar-refractivity contribution < 1.29 is 5.11 Å². The summed E-state index contributed by atoms with van der Waals surface area (Å²) in [6.45, 7) is 1.01. The molecule has 4 rings (SSSR count). The maximum Gasteiger partial charge on any atom is 0.146 e. The molecule has 1 aliphatic carbocycles. The molecule has 1 fully saturated rings. The molecule has 1 aromatic carbocycles. The first-order chi connectivity index (χ1) is 10.3. The van der Waals surface area contributed by atoms with Gasteiger partial charge in [0.05, 0.1) is 11.2 Å². The number of nitrogens with one attached hydrogen (secondary N) is 1. The van der Waals surface area contributed by atoms with Crippen LogP contribution in [0.15, 0.2) is 48.5 Å². The summed E-state index contributed by atoms with van der Waals surface area (Å²) in [6.07, 6.45) is 2.66. The maximum absolute atomic E-state index is 9.41. The highest BCUT2D eigenvalue weighted by Gasteiger charge is 2.20. The molecule has 0 amide bonds. The standard InChI is InChI=1S/C17H17N3O/c21-15-7-3-13(4-8-15)16-9-5-14-6-10-17(19-20(14)16)18-11-12-1-2-12/h3-10,12,21H,1-2,11H2,(H,18,19). The van der Waals surface area contributed by atoms with E-state index in [1.54, 1.807) is 12.1 Å². The summed E-state index contributed by atoms with van der Waals surface area (Å²) < 4.78 is 1.95. The molecular weight excluding hydrogens is 262 g/mol. The Hall–Kier alpha value is -2.49. The number of aromatic nitrogens is 2. The normalized spacial score (nSPS) is 14.5. The van der Waals surface area contributed by atoms with E-state index in [1.807, 2.05) is 22.7 Å². The van der Waals surface area contributed by atoms with Gasteiger partial charge in [-0.3, -0.25) is 0 Å². The predicted molar refractivity (Wildman–Crippen MR) is 83.5 cm³/mol. The fraction of sp³-hybridized carbons (Fsp3) is 0.235. The zero-order chi connectivity index (χ0) is 14.2. The zero-order valence-electron chi connectivity index (χ0n) is 11.7. The molecule has 0 atom stereocenters. The minimum Gasteiger partial charge on any atom is -0.508 e. The Morgan fingerprint density at radius 3 is 2.57 bits per heavy atom. The Morgan fingerprint density at radius 1 is 1.05 bits per heavy atom. The van der Waals surface area contributed by atoms with Gasteiger partial charge in [-0.05, 0) is 67.3 Å². The van der Waals surface area contributed by atoms with Crippen molar-refractivity contribution in [3.05, 3.63) is 48.5 Å². The number of anilines is 1. The minimum atomic E-state index is 0.277. The number of phenolic OH excluding ortho intramolecular Hbond substituents is 1. The fourth-order valence-electron chi connectivity index (χ4n) is 2.50. The smallest absolute Gasteiger partial charge is 0.146 e. The molecule has 0 aliphatic heterocycles. The van der Waals surface area contributed by atoms with Gasteiger partial charge in [-0.1, -0.05) is 0 Å². The van der Waals surface area contributed by atoms with Gasteiger partial charge in [-0.25, -0.2) is 4.52 Å². The molecule has 4 heteroatoms. The first-order valence-electron chi connectivity index (χ1n) is 7.32. The molecule has 0 spiro atoms. The average molecular weight is 279 g/mol. The lowest BCUT2D eigenvalue weighted by atomic mass is 10.1. The van der Waals surface area contributed by atoms with E-state index in [0.29, 0.717) is 0 Å². The largest absolute Gasteiger partial charge is 0.508 e. The Balaban J connectivity index is 1.70. The van der Waals surface area contributed by atoms with Crippen LogP contribution in [0.1, 0.15) is 12.8 Å². The highest BCUT2D eigenvalue weighted by atomic mass is 16.3. The molecule has 2 heterocycles. The number of hydrogen-bond donors (Lipinski definition) is 2. The summed E-state index contributed by atoms with van der Waals surface area (Å²) in [6, 6.07) is 15.4. The van der Waals surface area contributed by atoms with Crippen LogP contribution >= 0.6 is 0 Å². The van der Waals surface area contributed by atoms with Gasteiger partial charge in [-0.2, -0.15) is 0 Å². The fourth-order valence-corrected chi connectivity index (χ4v) is 2.50. The van der Waals surface area contributed by atoms with E-state index in [2.05, 4.69) is 28.6 Å². The van der Waals surface area contributed by atoms with Crippen LogP contribution in [0.3, 0.4) is 0 Å². The lowest BCUT2D eigenvalue weighted by Gasteiger charge is -2.07. The molecule has 0 saturated heterocycles. The number of aromatic hydroxyl groups is 1. The van der Waals surface area contributed by atoms with E-state index >= 15 is 0 Å². The summed E-state index contributed by atoms with van der Waals surface area (Å²) in [5.74, 6) is 2.01. The first-order valence-corrected chi connectivity index (χ1v) is 7.32. The van der Waals surface area contributed by atoms with Gasteiger partial charge in [0.15, 0.2) is 0 Å². The SMILES string of the molecule is Oc1ccc(-c2ccc3ccc(NCC4CC4)nn23)cc1. The monoisotopic (exact) mass is 279 g/mol. The highest BCUT2D eigenvalue weighted by Crippen LogP contribution is 2.29. The van der Waals surface area contributed by atoms with Crippen LogP contribution in [0.4, 0.5) is 5.82 Å². The van der Waals surface area contributed by atoms with Crippen LogP contribution < -0.4 is 5.32 Å². The van der Waals surface area contributed by atoms with E-state index in [-0.39, 0.29) is 5.75 Å². The van der Waals surface area contributed by atoms with Crippen molar-refractivity contribution in [3.8, 4) is 17.0 Å². The quantitative estimate of drug-likeness (QED) is 0.768. The van der Waals surface area contributed by atoms with Crippen molar-refractivity contribution >= 4 is 11.3 Å². The third-order valence-corrected chi connectivity index (χ3v) is 3.94. The number of nitrogens with zero attached hydrogens (tertiary/aromatic N) is 2. The van der Waals surface area contributed by atoms with Crippen molar-refractivity contribution in [1.82, 2.24) is 9.61 Å². The number of phenols is 1. The van der Waals surface area contributed by atoms with Gasteiger partial charge < -0.3 is 10.4 Å². The summed E-state index contributed by atoms with van der Waals surface area (Å²) in [5.41, 5.74) is 3.13. The summed E-state index contributed by atoms with van der Waals surface area (Å²) in [7, 11) is 0. The molecule has 21 heavy (non-hydrogen) atoms. The molecule has 106 valence electrons. The molecule has 1 saturated carbocycles. The van der Waals surface area contributed by atoms with E-state index in [4.69, 9.17) is 0 Å². The van der Waals surface area contributed by atoms with Crippen LogP contribution in [0.25, 0.3) is 16.8 Å². The molecule has 0 bridgehead atoms. The average Bonchev–Trinajstić information content (AvgIpc) is 3.25. The van der Waals surface area contributed by atoms with Gasteiger partial charge in [0.25, 0.3) is 0 Å². The van der Waals surface area contributed by atoms with E-state index in [1.165, 1.54) is 12.8 Å². The van der Waals surface area contributed by atoms with Crippen molar-refractivity contribution in [2.75, 3.05) is 11.9 Å². The molecule has 2 aromatic heterocycles. The number of fused-ring (bicyclic) bond motifs is 1. The van der Waals surface area contributed by atoms with E-state index in [9.17, 15) is 5.11 Å². The number of rotatable bonds is 4.